The summed E-state index contributed by atoms with van der Waals surface area (Å²) in [5.41, 5.74) is -0.703. The van der Waals surface area contributed by atoms with E-state index in [1.165, 1.54) is 0 Å². The molecule has 76 valence electrons. The van der Waals surface area contributed by atoms with Crippen LogP contribution in [0.15, 0.2) is 18.3 Å². The molecular weight excluding hydrogens is 199 g/mol. The predicted molar refractivity (Wildman–Crippen MR) is 40.1 cm³/mol. The van der Waals surface area contributed by atoms with Gasteiger partial charge in [0.2, 0.25) is 5.95 Å². The van der Waals surface area contributed by atoms with E-state index in [1.54, 1.807) is 0 Å². The maximum atomic E-state index is 13.0. The Morgan fingerprint density at radius 1 is 1.50 bits per heavy atom. The third-order valence-electron chi connectivity index (χ3n) is 1.53. The molecule has 0 unspecified atom stereocenters. The summed E-state index contributed by atoms with van der Waals surface area (Å²) in [6, 6.07) is 1.52. The van der Waals surface area contributed by atoms with E-state index in [0.717, 1.165) is 19.2 Å². The lowest BCUT2D eigenvalue weighted by Gasteiger charge is -2.12. The molecule has 1 rings (SSSR count). The Morgan fingerprint density at radius 3 is 2.57 bits per heavy atom. The topological polar surface area (TPSA) is 39.2 Å². The lowest BCUT2D eigenvalue weighted by molar-refractivity contribution is -0.170. The third-order valence-corrected chi connectivity index (χ3v) is 1.53. The van der Waals surface area contributed by atoms with Gasteiger partial charge in [-0.15, -0.1) is 0 Å². The van der Waals surface area contributed by atoms with Crippen molar-refractivity contribution >= 4 is 5.97 Å². The van der Waals surface area contributed by atoms with Crippen molar-refractivity contribution in [2.45, 2.75) is 5.92 Å². The Labute approximate surface area is 77.5 Å². The summed E-state index contributed by atoms with van der Waals surface area (Å²) in [6.07, 6.45) is 0.590. The van der Waals surface area contributed by atoms with E-state index >= 15 is 0 Å². The Kier molecular flexibility index (Phi) is 2.73. The molecule has 0 aliphatic rings. The minimum atomic E-state index is -3.80. The van der Waals surface area contributed by atoms with Crippen LogP contribution in [-0.4, -0.2) is 18.1 Å². The molecule has 0 fully saturated rings. The number of alkyl halides is 2. The van der Waals surface area contributed by atoms with Crippen molar-refractivity contribution in [1.29, 1.82) is 0 Å². The van der Waals surface area contributed by atoms with Crippen LogP contribution in [0.2, 0.25) is 0 Å². The minimum Gasteiger partial charge on any atom is -0.464 e. The van der Waals surface area contributed by atoms with Crippen LogP contribution in [0.5, 0.6) is 0 Å². The van der Waals surface area contributed by atoms with E-state index in [1.807, 2.05) is 0 Å². The van der Waals surface area contributed by atoms with Crippen molar-refractivity contribution in [2.75, 3.05) is 7.11 Å². The van der Waals surface area contributed by atoms with Gasteiger partial charge in [-0.25, -0.2) is 9.78 Å². The predicted octanol–water partition coefficient (Wildman–Crippen LogP) is 1.49. The summed E-state index contributed by atoms with van der Waals surface area (Å²) in [5.74, 6) is -6.39. The molecule has 1 aromatic rings. The molecule has 0 N–H and O–H groups in total. The van der Waals surface area contributed by atoms with Crippen LogP contribution in [0.1, 0.15) is 5.56 Å². The summed E-state index contributed by atoms with van der Waals surface area (Å²) < 4.78 is 42.3. The van der Waals surface area contributed by atoms with Gasteiger partial charge in [-0.3, -0.25) is 0 Å². The highest BCUT2D eigenvalue weighted by Crippen LogP contribution is 2.28. The van der Waals surface area contributed by atoms with E-state index < -0.39 is 23.4 Å². The average Bonchev–Trinajstić information content (AvgIpc) is 2.17. The van der Waals surface area contributed by atoms with Crippen LogP contribution in [0, 0.1) is 5.95 Å². The minimum absolute atomic E-state index is 0.590. The number of rotatable bonds is 2. The lowest BCUT2D eigenvalue weighted by Crippen LogP contribution is -2.27. The number of nitrogens with zero attached hydrogens (tertiary/aromatic N) is 1. The first-order chi connectivity index (χ1) is 6.48. The molecule has 0 radical (unpaired) electrons. The molecule has 1 heterocycles. The Balaban J connectivity index is 3.03. The number of halogens is 3. The Morgan fingerprint density at radius 2 is 2.14 bits per heavy atom. The van der Waals surface area contributed by atoms with Crippen molar-refractivity contribution < 1.29 is 22.7 Å². The molecule has 0 amide bonds. The largest absolute Gasteiger partial charge is 0.464 e. The van der Waals surface area contributed by atoms with Crippen LogP contribution >= 0.6 is 0 Å². The SMILES string of the molecule is COC(=O)C(F)(F)c1ccc(F)nc1. The van der Waals surface area contributed by atoms with Gasteiger partial charge in [0, 0.05) is 6.20 Å². The van der Waals surface area contributed by atoms with E-state index in [0.29, 0.717) is 6.20 Å². The highest BCUT2D eigenvalue weighted by atomic mass is 19.3. The fourth-order valence-corrected chi connectivity index (χ4v) is 0.808. The van der Waals surface area contributed by atoms with Gasteiger partial charge in [0.25, 0.3) is 0 Å². The monoisotopic (exact) mass is 205 g/mol. The number of aromatic nitrogens is 1. The maximum absolute atomic E-state index is 13.0. The van der Waals surface area contributed by atoms with Crippen molar-refractivity contribution in [1.82, 2.24) is 4.98 Å². The van der Waals surface area contributed by atoms with Gasteiger partial charge in [-0.2, -0.15) is 13.2 Å². The first-order valence-corrected chi connectivity index (χ1v) is 3.56. The van der Waals surface area contributed by atoms with Crippen LogP contribution in [0.25, 0.3) is 0 Å². The van der Waals surface area contributed by atoms with Crippen molar-refractivity contribution in [2.24, 2.45) is 0 Å². The summed E-state index contributed by atoms with van der Waals surface area (Å²) in [4.78, 5) is 13.6. The first-order valence-electron chi connectivity index (χ1n) is 3.56. The normalized spacial score (nSPS) is 11.1. The molecule has 1 aromatic heterocycles. The van der Waals surface area contributed by atoms with Gasteiger partial charge in [0.05, 0.1) is 12.7 Å². The number of hydrogen-bond acceptors (Lipinski definition) is 3. The first kappa shape index (κ1) is 10.5. The molecule has 0 bridgehead atoms. The van der Waals surface area contributed by atoms with Crippen LogP contribution in [0.4, 0.5) is 13.2 Å². The average molecular weight is 205 g/mol. The Bertz CT molecular complexity index is 337. The number of carbonyl (C=O) groups is 1. The molecule has 0 aliphatic heterocycles. The standard InChI is InChI=1S/C8H6F3NO2/c1-14-7(13)8(10,11)5-2-3-6(9)12-4-5/h2-4H,1H3. The molecule has 14 heavy (non-hydrogen) atoms. The molecule has 3 nitrogen and oxygen atoms in total. The highest BCUT2D eigenvalue weighted by molar-refractivity contribution is 5.79. The smallest absolute Gasteiger partial charge is 0.381 e. The summed E-state index contributed by atoms with van der Waals surface area (Å²) in [7, 11) is 0.840. The van der Waals surface area contributed by atoms with Crippen LogP contribution in [0.3, 0.4) is 0 Å². The fraction of sp³-hybridized carbons (Fsp3) is 0.250. The molecule has 0 atom stereocenters. The zero-order chi connectivity index (χ0) is 10.8. The second-order valence-electron chi connectivity index (χ2n) is 2.44. The molecule has 6 heteroatoms. The van der Waals surface area contributed by atoms with E-state index in [9.17, 15) is 18.0 Å². The highest BCUT2D eigenvalue weighted by Gasteiger charge is 2.42. The van der Waals surface area contributed by atoms with Gasteiger partial charge in [0.15, 0.2) is 0 Å². The van der Waals surface area contributed by atoms with Gasteiger partial charge < -0.3 is 4.74 Å². The number of ether oxygens (including phenoxy) is 1. The van der Waals surface area contributed by atoms with Crippen LogP contribution < -0.4 is 0 Å². The molecular formula is C8H6F3NO2. The molecule has 0 spiro atoms. The summed E-state index contributed by atoms with van der Waals surface area (Å²) in [6.45, 7) is 0. The van der Waals surface area contributed by atoms with Gasteiger partial charge in [-0.1, -0.05) is 0 Å². The second-order valence-corrected chi connectivity index (χ2v) is 2.44. The van der Waals surface area contributed by atoms with Crippen molar-refractivity contribution in [3.05, 3.63) is 29.8 Å². The van der Waals surface area contributed by atoms with Gasteiger partial charge in [0.1, 0.15) is 0 Å². The lowest BCUT2D eigenvalue weighted by atomic mass is 10.1. The summed E-state index contributed by atoms with van der Waals surface area (Å²) >= 11 is 0. The van der Waals surface area contributed by atoms with Gasteiger partial charge >= 0.3 is 11.9 Å². The zero-order valence-corrected chi connectivity index (χ0v) is 7.13. The van der Waals surface area contributed by atoms with E-state index in [-0.39, 0.29) is 0 Å². The molecule has 0 saturated carbocycles. The van der Waals surface area contributed by atoms with E-state index in [4.69, 9.17) is 0 Å². The number of pyridine rings is 1. The van der Waals surface area contributed by atoms with Crippen molar-refractivity contribution in [3.63, 3.8) is 0 Å². The Hall–Kier alpha value is -1.59. The molecule has 0 aromatic carbocycles. The quantitative estimate of drug-likeness (QED) is 0.542. The zero-order valence-electron chi connectivity index (χ0n) is 7.13. The van der Waals surface area contributed by atoms with Crippen LogP contribution in [-0.2, 0) is 15.5 Å². The molecule has 0 saturated heterocycles. The number of methoxy groups -OCH3 is 1. The molecule has 0 aliphatic carbocycles. The van der Waals surface area contributed by atoms with Gasteiger partial charge in [-0.05, 0) is 12.1 Å². The fourth-order valence-electron chi connectivity index (χ4n) is 0.808. The maximum Gasteiger partial charge on any atom is 0.381 e. The third kappa shape index (κ3) is 1.84. The number of hydrogen-bond donors (Lipinski definition) is 0. The second kappa shape index (κ2) is 3.65. The summed E-state index contributed by atoms with van der Waals surface area (Å²) in [5, 5.41) is 0. The number of esters is 1. The van der Waals surface area contributed by atoms with Crippen molar-refractivity contribution in [3.8, 4) is 0 Å². The number of carbonyl (C=O) groups excluding carboxylic acids is 1. The van der Waals surface area contributed by atoms with E-state index in [2.05, 4.69) is 9.72 Å².